The highest BCUT2D eigenvalue weighted by molar-refractivity contribution is 8.18. The number of anilines is 1. The SMILES string of the molecule is CCN1CCN(c2ccc(-c3cccc4cnc(C=C5SC(=O)NC5=O)nc34)cc2)CC1. The molecular weight excluding hydrogens is 422 g/mol. The van der Waals surface area contributed by atoms with Crippen molar-refractivity contribution in [2.45, 2.75) is 6.92 Å². The van der Waals surface area contributed by atoms with E-state index in [1.54, 1.807) is 12.3 Å². The third-order valence-electron chi connectivity index (χ3n) is 5.89. The summed E-state index contributed by atoms with van der Waals surface area (Å²) in [5.41, 5.74) is 4.13. The number of para-hydroxylation sites is 1. The van der Waals surface area contributed by atoms with Crippen molar-refractivity contribution in [3.63, 3.8) is 0 Å². The third-order valence-corrected chi connectivity index (χ3v) is 6.71. The maximum absolute atomic E-state index is 11.9. The van der Waals surface area contributed by atoms with Crippen molar-refractivity contribution in [1.29, 1.82) is 0 Å². The number of carbonyl (C=O) groups excluding carboxylic acids is 2. The molecule has 32 heavy (non-hydrogen) atoms. The van der Waals surface area contributed by atoms with Crippen LogP contribution in [0.1, 0.15) is 12.7 Å². The van der Waals surface area contributed by atoms with Crippen LogP contribution in [0, 0.1) is 0 Å². The summed E-state index contributed by atoms with van der Waals surface area (Å²) < 4.78 is 0. The Kier molecular flexibility index (Phi) is 5.63. The molecule has 2 saturated heterocycles. The highest BCUT2D eigenvalue weighted by Crippen LogP contribution is 2.30. The Bertz CT molecular complexity index is 1220. The molecule has 1 N–H and O–H groups in total. The number of carbonyl (C=O) groups is 2. The molecular formula is C24H23N5O2S. The number of aromatic nitrogens is 2. The molecule has 2 aliphatic rings. The number of likely N-dealkylation sites (N-methyl/N-ethyl adjacent to an activating group) is 1. The van der Waals surface area contributed by atoms with Crippen LogP contribution in [0.4, 0.5) is 10.5 Å². The second-order valence-corrected chi connectivity index (χ2v) is 8.81. The lowest BCUT2D eigenvalue weighted by molar-refractivity contribution is -0.115. The van der Waals surface area contributed by atoms with E-state index in [0.29, 0.717) is 10.7 Å². The van der Waals surface area contributed by atoms with E-state index in [4.69, 9.17) is 4.98 Å². The van der Waals surface area contributed by atoms with E-state index >= 15 is 0 Å². The molecule has 0 unspecified atom stereocenters. The van der Waals surface area contributed by atoms with Gasteiger partial charge in [-0.1, -0.05) is 37.3 Å². The number of imide groups is 1. The van der Waals surface area contributed by atoms with Gasteiger partial charge in [-0.15, -0.1) is 0 Å². The normalized spacial score (nSPS) is 18.5. The van der Waals surface area contributed by atoms with Crippen molar-refractivity contribution < 1.29 is 9.59 Å². The monoisotopic (exact) mass is 445 g/mol. The molecule has 0 radical (unpaired) electrons. The zero-order valence-corrected chi connectivity index (χ0v) is 18.6. The summed E-state index contributed by atoms with van der Waals surface area (Å²) in [5, 5.41) is 2.80. The Balaban J connectivity index is 1.44. The predicted octanol–water partition coefficient (Wildman–Crippen LogP) is 3.76. The van der Waals surface area contributed by atoms with Crippen LogP contribution < -0.4 is 10.2 Å². The summed E-state index contributed by atoms with van der Waals surface area (Å²) >= 11 is 0.865. The number of thioether (sulfide) groups is 1. The van der Waals surface area contributed by atoms with Gasteiger partial charge in [-0.25, -0.2) is 9.97 Å². The fraction of sp³-hybridized carbons (Fsp3) is 0.250. The summed E-state index contributed by atoms with van der Waals surface area (Å²) in [4.78, 5) is 37.5. The van der Waals surface area contributed by atoms with Gasteiger partial charge in [0.25, 0.3) is 11.1 Å². The molecule has 0 bridgehead atoms. The van der Waals surface area contributed by atoms with Gasteiger partial charge >= 0.3 is 0 Å². The van der Waals surface area contributed by atoms with Gasteiger partial charge in [0.15, 0.2) is 5.82 Å². The lowest BCUT2D eigenvalue weighted by Crippen LogP contribution is -2.46. The van der Waals surface area contributed by atoms with Crippen molar-refractivity contribution in [2.24, 2.45) is 0 Å². The minimum atomic E-state index is -0.410. The molecule has 2 aliphatic heterocycles. The Labute approximate surface area is 190 Å². The number of hydrogen-bond donors (Lipinski definition) is 1. The van der Waals surface area contributed by atoms with Gasteiger partial charge < -0.3 is 9.80 Å². The third kappa shape index (κ3) is 4.11. The van der Waals surface area contributed by atoms with Gasteiger partial charge in [-0.05, 0) is 36.0 Å². The van der Waals surface area contributed by atoms with E-state index in [1.807, 2.05) is 18.2 Å². The van der Waals surface area contributed by atoms with Crippen LogP contribution in [0.25, 0.3) is 28.1 Å². The number of piperazine rings is 1. The topological polar surface area (TPSA) is 78.4 Å². The van der Waals surface area contributed by atoms with E-state index in [2.05, 4.69) is 51.3 Å². The van der Waals surface area contributed by atoms with E-state index < -0.39 is 5.91 Å². The molecule has 162 valence electrons. The van der Waals surface area contributed by atoms with Gasteiger partial charge in [-0.2, -0.15) is 0 Å². The second-order valence-electron chi connectivity index (χ2n) is 7.79. The van der Waals surface area contributed by atoms with E-state index in [9.17, 15) is 9.59 Å². The molecule has 3 heterocycles. The van der Waals surface area contributed by atoms with Crippen LogP contribution in [0.15, 0.2) is 53.6 Å². The second kappa shape index (κ2) is 8.72. The Hall–Kier alpha value is -3.23. The molecule has 3 aromatic rings. The van der Waals surface area contributed by atoms with Crippen LogP contribution in [-0.2, 0) is 4.79 Å². The average molecular weight is 446 g/mol. The molecule has 2 amide bonds. The lowest BCUT2D eigenvalue weighted by Gasteiger charge is -2.35. The van der Waals surface area contributed by atoms with E-state index in [0.717, 1.165) is 66.5 Å². The fourth-order valence-electron chi connectivity index (χ4n) is 4.08. The van der Waals surface area contributed by atoms with Crippen LogP contribution in [0.2, 0.25) is 0 Å². The number of hydrogen-bond acceptors (Lipinski definition) is 7. The van der Waals surface area contributed by atoms with Gasteiger partial charge in [0.05, 0.1) is 10.4 Å². The summed E-state index contributed by atoms with van der Waals surface area (Å²) in [6.45, 7) is 7.59. The summed E-state index contributed by atoms with van der Waals surface area (Å²) in [5.74, 6) is -0.00458. The molecule has 0 atom stereocenters. The van der Waals surface area contributed by atoms with Gasteiger partial charge in [0, 0.05) is 55.1 Å². The lowest BCUT2D eigenvalue weighted by atomic mass is 10.0. The number of fused-ring (bicyclic) bond motifs is 1. The smallest absolute Gasteiger partial charge is 0.290 e. The van der Waals surface area contributed by atoms with Crippen molar-refractivity contribution >= 4 is 45.6 Å². The maximum Gasteiger partial charge on any atom is 0.290 e. The average Bonchev–Trinajstić information content (AvgIpc) is 3.15. The molecule has 7 nitrogen and oxygen atoms in total. The Morgan fingerprint density at radius 2 is 1.84 bits per heavy atom. The van der Waals surface area contributed by atoms with Crippen molar-refractivity contribution in [1.82, 2.24) is 20.2 Å². The van der Waals surface area contributed by atoms with Crippen molar-refractivity contribution in [2.75, 3.05) is 37.6 Å². The Morgan fingerprint density at radius 1 is 1.06 bits per heavy atom. The molecule has 0 spiro atoms. The molecule has 0 aliphatic carbocycles. The highest BCUT2D eigenvalue weighted by Gasteiger charge is 2.25. The first-order valence-electron chi connectivity index (χ1n) is 10.7. The van der Waals surface area contributed by atoms with E-state index in [-0.39, 0.29) is 5.24 Å². The van der Waals surface area contributed by atoms with Crippen molar-refractivity contribution in [3.8, 4) is 11.1 Å². The molecule has 8 heteroatoms. The summed E-state index contributed by atoms with van der Waals surface area (Å²) in [7, 11) is 0. The number of nitrogens with zero attached hydrogens (tertiary/aromatic N) is 4. The molecule has 1 aromatic heterocycles. The molecule has 2 aromatic carbocycles. The van der Waals surface area contributed by atoms with E-state index in [1.165, 1.54) is 5.69 Å². The quantitative estimate of drug-likeness (QED) is 0.613. The van der Waals surface area contributed by atoms with Crippen molar-refractivity contribution in [3.05, 3.63) is 59.4 Å². The van der Waals surface area contributed by atoms with Gasteiger partial charge in [-0.3, -0.25) is 14.9 Å². The van der Waals surface area contributed by atoms with Crippen LogP contribution in [-0.4, -0.2) is 58.7 Å². The minimum absolute atomic E-state index is 0.305. The largest absolute Gasteiger partial charge is 0.369 e. The first-order valence-corrected chi connectivity index (χ1v) is 11.5. The maximum atomic E-state index is 11.9. The summed E-state index contributed by atoms with van der Waals surface area (Å²) in [6.07, 6.45) is 3.30. The minimum Gasteiger partial charge on any atom is -0.369 e. The zero-order valence-electron chi connectivity index (χ0n) is 17.7. The number of rotatable bonds is 4. The zero-order chi connectivity index (χ0) is 22.1. The van der Waals surface area contributed by atoms with Crippen LogP contribution in [0.3, 0.4) is 0 Å². The molecule has 2 fully saturated rings. The van der Waals surface area contributed by atoms with Gasteiger partial charge in [0.1, 0.15) is 0 Å². The first-order chi connectivity index (χ1) is 15.6. The summed E-state index contributed by atoms with van der Waals surface area (Å²) in [6, 6.07) is 14.6. The van der Waals surface area contributed by atoms with Gasteiger partial charge in [0.2, 0.25) is 0 Å². The van der Waals surface area contributed by atoms with Crippen LogP contribution >= 0.6 is 11.8 Å². The fourth-order valence-corrected chi connectivity index (χ4v) is 4.74. The first kappa shape index (κ1) is 20.7. The Morgan fingerprint density at radius 3 is 2.53 bits per heavy atom. The molecule has 5 rings (SSSR count). The number of nitrogens with one attached hydrogen (secondary N) is 1. The number of amides is 2. The highest BCUT2D eigenvalue weighted by atomic mass is 32.2. The standard InChI is InChI=1S/C24H23N5O2S/c1-2-28-10-12-29(13-11-28)18-8-6-16(7-9-18)19-5-3-4-17-15-25-21(26-22(17)19)14-20-23(30)27-24(31)32-20/h3-9,14-15H,2,10-13H2,1H3,(H,27,30,31). The molecule has 0 saturated carbocycles. The predicted molar refractivity (Wildman–Crippen MR) is 128 cm³/mol. The van der Waals surface area contributed by atoms with Crippen LogP contribution in [0.5, 0.6) is 0 Å². The number of benzene rings is 2.